The number of anilines is 3. The van der Waals surface area contributed by atoms with Crippen LogP contribution in [0.5, 0.6) is 0 Å². The molecule has 3 aliphatic heterocycles. The number of piperidine rings is 1. The van der Waals surface area contributed by atoms with Crippen LogP contribution in [0.15, 0.2) is 60.0 Å². The highest BCUT2D eigenvalue weighted by Crippen LogP contribution is 2.41. The molecule has 240 valence electrons. The summed E-state index contributed by atoms with van der Waals surface area (Å²) in [5.41, 5.74) is 3.03. The first-order chi connectivity index (χ1) is 22.4. The number of fused-ring (bicyclic) bond motifs is 4. The largest absolute Gasteiger partial charge is 0.384 e. The fourth-order valence-corrected chi connectivity index (χ4v) is 8.27. The summed E-state index contributed by atoms with van der Waals surface area (Å²) in [4.78, 5) is 32.7. The molecular formula is C35H42N8O3. The highest BCUT2D eigenvalue weighted by atomic mass is 16.5. The van der Waals surface area contributed by atoms with Crippen molar-refractivity contribution in [3.63, 3.8) is 0 Å². The summed E-state index contributed by atoms with van der Waals surface area (Å²) >= 11 is 0. The summed E-state index contributed by atoms with van der Waals surface area (Å²) in [6, 6.07) is 12.8. The van der Waals surface area contributed by atoms with Crippen LogP contribution in [0.25, 0.3) is 16.9 Å². The van der Waals surface area contributed by atoms with Crippen molar-refractivity contribution in [1.82, 2.24) is 29.2 Å². The molecular weight excluding hydrogens is 580 g/mol. The number of rotatable bonds is 7. The zero-order valence-corrected chi connectivity index (χ0v) is 26.5. The number of nitrogens with zero attached hydrogens (tertiary/aromatic N) is 7. The minimum atomic E-state index is -0.970. The van der Waals surface area contributed by atoms with Crippen molar-refractivity contribution in [2.75, 3.05) is 43.0 Å². The maximum absolute atomic E-state index is 13.4. The lowest BCUT2D eigenvalue weighted by Crippen LogP contribution is -2.61. The number of aromatic nitrogens is 5. The van der Waals surface area contributed by atoms with Crippen molar-refractivity contribution in [3.05, 3.63) is 76.9 Å². The predicted octanol–water partition coefficient (Wildman–Crippen LogP) is 4.28. The molecule has 1 aromatic carbocycles. The van der Waals surface area contributed by atoms with Gasteiger partial charge < -0.3 is 20.1 Å². The van der Waals surface area contributed by atoms with Gasteiger partial charge in [-0.05, 0) is 87.4 Å². The van der Waals surface area contributed by atoms with Crippen LogP contribution in [0, 0.1) is 0 Å². The second-order valence-electron chi connectivity index (χ2n) is 13.2. The van der Waals surface area contributed by atoms with E-state index in [1.165, 1.54) is 25.1 Å². The average Bonchev–Trinajstić information content (AvgIpc) is 3.78. The highest BCUT2D eigenvalue weighted by Gasteiger charge is 2.49. The van der Waals surface area contributed by atoms with Crippen molar-refractivity contribution in [1.29, 1.82) is 0 Å². The molecule has 11 nitrogen and oxygen atoms in total. The van der Waals surface area contributed by atoms with Gasteiger partial charge >= 0.3 is 0 Å². The number of allylic oxidation sites excluding steroid dienone is 1. The number of pyridine rings is 1. The van der Waals surface area contributed by atoms with E-state index < -0.39 is 5.60 Å². The van der Waals surface area contributed by atoms with Crippen LogP contribution in [0.4, 0.5) is 17.3 Å². The van der Waals surface area contributed by atoms with E-state index in [1.54, 1.807) is 21.6 Å². The van der Waals surface area contributed by atoms with E-state index in [0.29, 0.717) is 47.4 Å². The molecule has 1 aliphatic carbocycles. The van der Waals surface area contributed by atoms with Gasteiger partial charge in [0.2, 0.25) is 5.95 Å². The number of aliphatic hydroxyl groups is 1. The van der Waals surface area contributed by atoms with Gasteiger partial charge in [-0.15, -0.1) is 6.58 Å². The standard InChI is InChI=1S/C35H42N8O3/c1-3-17-42-32(44)27-23-36-33(39-31(27)43(42)29-12-7-24-13-14-34(45,4-2)30(24)38-29)37-25-8-10-26(11-9-25)40-19-15-35(16-20-40)28-6-5-18-41(28)21-22-46-35/h3,7-12,23,28,45H,1,4-6,13-22H2,2H3,(H,36,37,39)/t28?,34-/m1/s1. The van der Waals surface area contributed by atoms with E-state index in [0.717, 1.165) is 56.8 Å². The topological polar surface area (TPSA) is 114 Å². The van der Waals surface area contributed by atoms with E-state index in [-0.39, 0.29) is 17.7 Å². The van der Waals surface area contributed by atoms with Gasteiger partial charge in [-0.2, -0.15) is 4.98 Å². The van der Waals surface area contributed by atoms with Crippen LogP contribution in [-0.2, 0) is 23.3 Å². The van der Waals surface area contributed by atoms with E-state index in [9.17, 15) is 9.90 Å². The van der Waals surface area contributed by atoms with Crippen LogP contribution in [-0.4, -0.2) is 78.8 Å². The van der Waals surface area contributed by atoms with Gasteiger partial charge in [-0.3, -0.25) is 9.69 Å². The fraction of sp³-hybridized carbons (Fsp3) is 0.486. The molecule has 3 fully saturated rings. The van der Waals surface area contributed by atoms with Crippen LogP contribution < -0.4 is 15.8 Å². The fourth-order valence-electron chi connectivity index (χ4n) is 8.27. The Bertz CT molecular complexity index is 1840. The number of aryl methyl sites for hydroxylation is 1. The van der Waals surface area contributed by atoms with Crippen molar-refractivity contribution in [2.45, 2.75) is 75.7 Å². The molecule has 0 amide bonds. The van der Waals surface area contributed by atoms with Crippen molar-refractivity contribution >= 4 is 28.4 Å². The zero-order chi connectivity index (χ0) is 31.5. The minimum absolute atomic E-state index is 0.0146. The lowest BCUT2D eigenvalue weighted by molar-refractivity contribution is -0.147. The molecule has 3 aromatic heterocycles. The van der Waals surface area contributed by atoms with Gasteiger partial charge in [-0.1, -0.05) is 19.1 Å². The number of hydrogen-bond donors (Lipinski definition) is 2. The Morgan fingerprint density at radius 2 is 1.91 bits per heavy atom. The maximum atomic E-state index is 13.4. The summed E-state index contributed by atoms with van der Waals surface area (Å²) in [6.45, 7) is 11.2. The number of morpholine rings is 1. The summed E-state index contributed by atoms with van der Waals surface area (Å²) < 4.78 is 9.76. The molecule has 3 saturated heterocycles. The number of benzene rings is 1. The molecule has 4 aromatic rings. The molecule has 0 bridgehead atoms. The van der Waals surface area contributed by atoms with E-state index in [4.69, 9.17) is 14.7 Å². The Morgan fingerprint density at radius 1 is 1.09 bits per heavy atom. The Balaban J connectivity index is 1.04. The van der Waals surface area contributed by atoms with Crippen molar-refractivity contribution in [3.8, 4) is 5.82 Å². The Morgan fingerprint density at radius 3 is 2.70 bits per heavy atom. The Kier molecular flexibility index (Phi) is 7.23. The first-order valence-corrected chi connectivity index (χ1v) is 16.7. The van der Waals surface area contributed by atoms with Gasteiger partial charge in [-0.25, -0.2) is 19.3 Å². The van der Waals surface area contributed by atoms with E-state index in [1.807, 2.05) is 31.2 Å². The summed E-state index contributed by atoms with van der Waals surface area (Å²) in [5, 5.41) is 14.9. The van der Waals surface area contributed by atoms with E-state index >= 15 is 0 Å². The van der Waals surface area contributed by atoms with Crippen molar-refractivity contribution < 1.29 is 9.84 Å². The van der Waals surface area contributed by atoms with Gasteiger partial charge in [0, 0.05) is 43.2 Å². The highest BCUT2D eigenvalue weighted by molar-refractivity contribution is 5.77. The van der Waals surface area contributed by atoms with Crippen LogP contribution in [0.1, 0.15) is 56.7 Å². The molecule has 6 heterocycles. The Labute approximate surface area is 268 Å². The minimum Gasteiger partial charge on any atom is -0.384 e. The number of nitrogens with one attached hydrogen (secondary N) is 1. The van der Waals surface area contributed by atoms with Gasteiger partial charge in [0.15, 0.2) is 11.5 Å². The lowest BCUT2D eigenvalue weighted by atomic mass is 9.81. The molecule has 11 heteroatoms. The third-order valence-corrected chi connectivity index (χ3v) is 10.8. The van der Waals surface area contributed by atoms with Gasteiger partial charge in [0.05, 0.1) is 24.4 Å². The molecule has 0 saturated carbocycles. The SMILES string of the molecule is C=CCn1c(=O)c2cnc(Nc3ccc(N4CCC5(CC4)OCCN4CCCC45)cc3)nc2n1-c1ccc2c(n1)[C@@](O)(CC)CC2. The summed E-state index contributed by atoms with van der Waals surface area (Å²) in [6.07, 6.45) is 9.90. The second kappa shape index (κ2) is 11.3. The normalized spacial score (nSPS) is 24.0. The molecule has 1 spiro atoms. The lowest BCUT2D eigenvalue weighted by Gasteiger charge is -2.51. The zero-order valence-electron chi connectivity index (χ0n) is 26.5. The first kappa shape index (κ1) is 29.3. The van der Waals surface area contributed by atoms with Crippen LogP contribution in [0.2, 0.25) is 0 Å². The molecule has 2 atom stereocenters. The Hall–Kier alpha value is -4.06. The van der Waals surface area contributed by atoms with Gasteiger partial charge in [0.1, 0.15) is 11.0 Å². The molecule has 2 N–H and O–H groups in total. The number of ether oxygens (including phenoxy) is 1. The molecule has 46 heavy (non-hydrogen) atoms. The average molecular weight is 623 g/mol. The molecule has 8 rings (SSSR count). The maximum Gasteiger partial charge on any atom is 0.278 e. The first-order valence-electron chi connectivity index (χ1n) is 16.7. The number of hydrogen-bond acceptors (Lipinski definition) is 9. The molecule has 0 radical (unpaired) electrons. The molecule has 1 unspecified atom stereocenters. The summed E-state index contributed by atoms with van der Waals surface area (Å²) in [5.74, 6) is 0.907. The van der Waals surface area contributed by atoms with E-state index in [2.05, 4.69) is 38.8 Å². The quantitative estimate of drug-likeness (QED) is 0.292. The summed E-state index contributed by atoms with van der Waals surface area (Å²) in [7, 11) is 0. The third kappa shape index (κ3) is 4.75. The smallest absolute Gasteiger partial charge is 0.278 e. The van der Waals surface area contributed by atoms with Crippen molar-refractivity contribution in [2.24, 2.45) is 0 Å². The predicted molar refractivity (Wildman–Crippen MR) is 178 cm³/mol. The van der Waals surface area contributed by atoms with Crippen LogP contribution >= 0.6 is 0 Å². The molecule has 4 aliphatic rings. The second-order valence-corrected chi connectivity index (χ2v) is 13.2. The van der Waals surface area contributed by atoms with Gasteiger partial charge in [0.25, 0.3) is 5.56 Å². The van der Waals surface area contributed by atoms with Crippen LogP contribution in [0.3, 0.4) is 0 Å². The monoisotopic (exact) mass is 622 g/mol. The third-order valence-electron chi connectivity index (χ3n) is 10.8.